The highest BCUT2D eigenvalue weighted by molar-refractivity contribution is 6.00. The van der Waals surface area contributed by atoms with Gasteiger partial charge in [0.25, 0.3) is 0 Å². The summed E-state index contributed by atoms with van der Waals surface area (Å²) in [7, 11) is 0. The monoisotopic (exact) mass is 551 g/mol. The Kier molecular flexibility index (Phi) is 8.37. The lowest BCUT2D eigenvalue weighted by Gasteiger charge is -2.28. The van der Waals surface area contributed by atoms with E-state index in [1.807, 2.05) is 30.3 Å². The first-order valence-corrected chi connectivity index (χ1v) is 12.9. The van der Waals surface area contributed by atoms with Crippen molar-refractivity contribution in [2.45, 2.75) is 52.3 Å². The number of amides is 2. The van der Waals surface area contributed by atoms with Gasteiger partial charge in [-0.05, 0) is 69.2 Å². The fourth-order valence-electron chi connectivity index (χ4n) is 4.40. The Bertz CT molecular complexity index is 1550. The lowest BCUT2D eigenvalue weighted by atomic mass is 10.0. The van der Waals surface area contributed by atoms with Crippen LogP contribution < -0.4 is 16.0 Å². The quantitative estimate of drug-likeness (QED) is 0.316. The summed E-state index contributed by atoms with van der Waals surface area (Å²) in [5.74, 6) is -2.67. The van der Waals surface area contributed by atoms with E-state index >= 15 is 0 Å². The predicted molar refractivity (Wildman–Crippen MR) is 147 cm³/mol. The summed E-state index contributed by atoms with van der Waals surface area (Å²) in [4.78, 5) is 40.5. The number of fused-ring (bicyclic) bond motifs is 1. The van der Waals surface area contributed by atoms with Crippen LogP contribution in [0.3, 0.4) is 0 Å². The van der Waals surface area contributed by atoms with Crippen LogP contribution in [0.5, 0.6) is 0 Å². The summed E-state index contributed by atoms with van der Waals surface area (Å²) in [5, 5.41) is 2.56. The highest BCUT2D eigenvalue weighted by atomic mass is 19.1. The number of carbonyl (C=O) groups is 2. The summed E-state index contributed by atoms with van der Waals surface area (Å²) in [5.41, 5.74) is 1.54. The molecule has 0 saturated carbocycles. The Morgan fingerprint density at radius 3 is 2.30 bits per heavy atom. The number of nitrogens with zero attached hydrogens (tertiary/aromatic N) is 2. The van der Waals surface area contributed by atoms with E-state index in [1.165, 1.54) is 9.47 Å². The van der Waals surface area contributed by atoms with Gasteiger partial charge in [-0.1, -0.05) is 30.3 Å². The van der Waals surface area contributed by atoms with Gasteiger partial charge in [0.15, 0.2) is 5.58 Å². The Morgan fingerprint density at radius 1 is 1.00 bits per heavy atom. The number of hydrogen-bond donors (Lipinski definition) is 1. The molecule has 4 aromatic rings. The molecule has 3 aromatic carbocycles. The van der Waals surface area contributed by atoms with Gasteiger partial charge in [-0.15, -0.1) is 0 Å². The summed E-state index contributed by atoms with van der Waals surface area (Å²) >= 11 is 0. The summed E-state index contributed by atoms with van der Waals surface area (Å²) in [6, 6.07) is 16.0. The van der Waals surface area contributed by atoms with E-state index in [0.29, 0.717) is 16.8 Å². The average molecular weight is 552 g/mol. The molecule has 0 fully saturated rings. The van der Waals surface area contributed by atoms with Crippen molar-refractivity contribution in [1.29, 1.82) is 0 Å². The number of alkyl carbamates (subject to hydrolysis) is 1. The Hall–Kier alpha value is -4.47. The topological polar surface area (TPSA) is 93.8 Å². The minimum absolute atomic E-state index is 0.185. The van der Waals surface area contributed by atoms with Crippen molar-refractivity contribution in [3.63, 3.8) is 0 Å². The van der Waals surface area contributed by atoms with Gasteiger partial charge in [-0.3, -0.25) is 9.36 Å². The number of aromatic nitrogens is 1. The van der Waals surface area contributed by atoms with Crippen LogP contribution in [-0.4, -0.2) is 34.8 Å². The van der Waals surface area contributed by atoms with Crippen molar-refractivity contribution in [3.05, 3.63) is 100 Å². The van der Waals surface area contributed by atoms with Gasteiger partial charge in [-0.25, -0.2) is 18.4 Å². The number of oxazole rings is 1. The summed E-state index contributed by atoms with van der Waals surface area (Å²) < 4.78 is 40.0. The maximum Gasteiger partial charge on any atom is 0.420 e. The standard InChI is InChI=1S/C30H31F2N3O5/c1-5-34(23-11-12-26-25(17-23)35(29(38)39-26)18-19-9-7-6-8-10-19)27(36)24(33-28(37)40-30(2,3)4)15-20-13-21(31)16-22(32)14-20/h6-14,16-17,24H,5,15,18H2,1-4H3,(H,33,37)/t24-/m0/s1. The van der Waals surface area contributed by atoms with Crippen molar-refractivity contribution in [2.75, 3.05) is 11.4 Å². The third kappa shape index (κ3) is 6.93. The van der Waals surface area contributed by atoms with E-state index in [9.17, 15) is 23.2 Å². The number of hydrogen-bond acceptors (Lipinski definition) is 5. The lowest BCUT2D eigenvalue weighted by molar-refractivity contribution is -0.120. The first-order valence-electron chi connectivity index (χ1n) is 12.9. The Morgan fingerprint density at radius 2 is 1.68 bits per heavy atom. The zero-order chi connectivity index (χ0) is 29.0. The SMILES string of the molecule is CCN(C(=O)[C@H](Cc1cc(F)cc(F)c1)NC(=O)OC(C)(C)C)c1ccc2oc(=O)n(Cc3ccccc3)c2c1. The smallest absolute Gasteiger partial charge is 0.420 e. The van der Waals surface area contributed by atoms with Gasteiger partial charge >= 0.3 is 11.8 Å². The molecule has 4 rings (SSSR count). The van der Waals surface area contributed by atoms with Crippen LogP contribution in [-0.2, 0) is 22.5 Å². The molecule has 2 amide bonds. The van der Waals surface area contributed by atoms with Gasteiger partial charge < -0.3 is 19.4 Å². The molecule has 0 saturated heterocycles. The molecule has 1 N–H and O–H groups in total. The number of nitrogens with one attached hydrogen (secondary N) is 1. The molecule has 1 atom stereocenters. The molecule has 0 bridgehead atoms. The van der Waals surface area contributed by atoms with Crippen LogP contribution in [0.1, 0.15) is 38.8 Å². The second-order valence-corrected chi connectivity index (χ2v) is 10.4. The van der Waals surface area contributed by atoms with Crippen molar-refractivity contribution in [3.8, 4) is 0 Å². The normalized spacial score (nSPS) is 12.2. The van der Waals surface area contributed by atoms with Crippen molar-refractivity contribution >= 4 is 28.8 Å². The van der Waals surface area contributed by atoms with Crippen molar-refractivity contribution in [1.82, 2.24) is 9.88 Å². The molecular formula is C30H31F2N3O5. The number of ether oxygens (including phenoxy) is 1. The molecule has 10 heteroatoms. The van der Waals surface area contributed by atoms with Crippen LogP contribution >= 0.6 is 0 Å². The highest BCUT2D eigenvalue weighted by Gasteiger charge is 2.29. The Labute approximate surface area is 230 Å². The molecule has 0 radical (unpaired) electrons. The molecule has 0 aliphatic carbocycles. The molecule has 40 heavy (non-hydrogen) atoms. The highest BCUT2D eigenvalue weighted by Crippen LogP contribution is 2.24. The van der Waals surface area contributed by atoms with Gasteiger partial charge in [0.2, 0.25) is 5.91 Å². The number of anilines is 1. The maximum atomic E-state index is 13.9. The molecule has 0 aliphatic rings. The number of rotatable bonds is 8. The van der Waals surface area contributed by atoms with E-state index < -0.39 is 41.0 Å². The first-order chi connectivity index (χ1) is 18.9. The average Bonchev–Trinajstić information content (AvgIpc) is 3.17. The van der Waals surface area contributed by atoms with E-state index in [0.717, 1.165) is 23.8 Å². The van der Waals surface area contributed by atoms with Gasteiger partial charge in [-0.2, -0.15) is 0 Å². The predicted octanol–water partition coefficient (Wildman–Crippen LogP) is 5.41. The molecule has 1 aromatic heterocycles. The second kappa shape index (κ2) is 11.7. The van der Waals surface area contributed by atoms with Gasteiger partial charge in [0.1, 0.15) is 23.3 Å². The molecule has 0 spiro atoms. The van der Waals surface area contributed by atoms with Crippen LogP contribution in [0, 0.1) is 11.6 Å². The van der Waals surface area contributed by atoms with Crippen LogP contribution in [0.25, 0.3) is 11.1 Å². The van der Waals surface area contributed by atoms with E-state index in [-0.39, 0.29) is 25.1 Å². The third-order valence-electron chi connectivity index (χ3n) is 6.08. The minimum atomic E-state index is -1.21. The number of halogens is 2. The fourth-order valence-corrected chi connectivity index (χ4v) is 4.40. The number of likely N-dealkylation sites (N-methyl/N-ethyl adjacent to an activating group) is 1. The van der Waals surface area contributed by atoms with E-state index in [4.69, 9.17) is 9.15 Å². The van der Waals surface area contributed by atoms with Gasteiger partial charge in [0.05, 0.1) is 12.1 Å². The molecule has 8 nitrogen and oxygen atoms in total. The number of carbonyl (C=O) groups excluding carboxylic acids is 2. The van der Waals surface area contributed by atoms with Crippen LogP contribution in [0.4, 0.5) is 19.3 Å². The zero-order valence-corrected chi connectivity index (χ0v) is 22.7. The second-order valence-electron chi connectivity index (χ2n) is 10.4. The first kappa shape index (κ1) is 28.5. The Balaban J connectivity index is 1.68. The van der Waals surface area contributed by atoms with Crippen LogP contribution in [0.15, 0.2) is 75.9 Å². The third-order valence-corrected chi connectivity index (χ3v) is 6.08. The molecule has 210 valence electrons. The molecule has 0 aliphatic heterocycles. The molecule has 1 heterocycles. The summed E-state index contributed by atoms with van der Waals surface area (Å²) in [6.07, 6.45) is -1.03. The summed E-state index contributed by atoms with van der Waals surface area (Å²) in [6.45, 7) is 7.26. The maximum absolute atomic E-state index is 13.9. The van der Waals surface area contributed by atoms with E-state index in [1.54, 1.807) is 45.9 Å². The largest absolute Gasteiger partial charge is 0.444 e. The lowest BCUT2D eigenvalue weighted by Crippen LogP contribution is -2.51. The molecule has 0 unspecified atom stereocenters. The minimum Gasteiger partial charge on any atom is -0.444 e. The fraction of sp³-hybridized carbons (Fsp3) is 0.300. The zero-order valence-electron chi connectivity index (χ0n) is 22.7. The van der Waals surface area contributed by atoms with E-state index in [2.05, 4.69) is 5.32 Å². The number of benzene rings is 3. The van der Waals surface area contributed by atoms with Crippen molar-refractivity contribution < 1.29 is 27.5 Å². The van der Waals surface area contributed by atoms with Gasteiger partial charge in [0, 0.05) is 24.7 Å². The van der Waals surface area contributed by atoms with Crippen LogP contribution in [0.2, 0.25) is 0 Å². The van der Waals surface area contributed by atoms with Crippen molar-refractivity contribution in [2.24, 2.45) is 0 Å². The molecular weight excluding hydrogens is 520 g/mol.